The molecule has 1 unspecified atom stereocenters. The van der Waals surface area contributed by atoms with Crippen LogP contribution in [0.4, 0.5) is 5.82 Å². The van der Waals surface area contributed by atoms with Crippen LogP contribution in [0.2, 0.25) is 0 Å². The highest BCUT2D eigenvalue weighted by Crippen LogP contribution is 2.18. The molecule has 0 aliphatic rings. The Bertz CT molecular complexity index is 383. The zero-order chi connectivity index (χ0) is 12.2. The zero-order valence-corrected chi connectivity index (χ0v) is 9.52. The van der Waals surface area contributed by atoms with E-state index in [1.54, 1.807) is 13.8 Å². The van der Waals surface area contributed by atoms with Gasteiger partial charge in [0.25, 0.3) is 0 Å². The van der Waals surface area contributed by atoms with E-state index < -0.39 is 11.5 Å². The number of carboxylic acid groups (broad SMARTS) is 1. The van der Waals surface area contributed by atoms with Crippen LogP contribution in [0.15, 0.2) is 12.4 Å². The van der Waals surface area contributed by atoms with Crippen LogP contribution in [-0.4, -0.2) is 33.7 Å². The van der Waals surface area contributed by atoms with E-state index in [9.17, 15) is 4.79 Å². The summed E-state index contributed by atoms with van der Waals surface area (Å²) in [7, 11) is 1.48. The van der Waals surface area contributed by atoms with Gasteiger partial charge in [-0.15, -0.1) is 0 Å². The fourth-order valence-electron chi connectivity index (χ4n) is 1.08. The number of methoxy groups -OCH3 is 1. The predicted octanol–water partition coefficient (Wildman–Crippen LogP) is 1.15. The Hall–Kier alpha value is -1.85. The Morgan fingerprint density at radius 2 is 2.31 bits per heavy atom. The number of nitrogens with one attached hydrogen (secondary N) is 1. The molecule has 1 atom stereocenters. The highest BCUT2D eigenvalue weighted by atomic mass is 16.5. The van der Waals surface area contributed by atoms with Crippen LogP contribution < -0.4 is 10.1 Å². The van der Waals surface area contributed by atoms with Gasteiger partial charge in [0.1, 0.15) is 11.4 Å². The van der Waals surface area contributed by atoms with Crippen LogP contribution in [-0.2, 0) is 4.79 Å². The van der Waals surface area contributed by atoms with Crippen molar-refractivity contribution in [3.05, 3.63) is 12.4 Å². The molecule has 0 fully saturated rings. The zero-order valence-electron chi connectivity index (χ0n) is 9.52. The first-order chi connectivity index (χ1) is 7.51. The second-order valence-electron chi connectivity index (χ2n) is 3.56. The predicted molar refractivity (Wildman–Crippen MR) is 58.5 cm³/mol. The van der Waals surface area contributed by atoms with Crippen molar-refractivity contribution in [2.75, 3.05) is 12.4 Å². The minimum absolute atomic E-state index is 0.342. The number of anilines is 1. The summed E-state index contributed by atoms with van der Waals surface area (Å²) in [6, 6.07) is 0. The third-order valence-corrected chi connectivity index (χ3v) is 2.40. The molecule has 1 aromatic heterocycles. The number of ether oxygens (including phenoxy) is 1. The van der Waals surface area contributed by atoms with Crippen molar-refractivity contribution in [3.63, 3.8) is 0 Å². The topological polar surface area (TPSA) is 84.3 Å². The molecule has 6 nitrogen and oxygen atoms in total. The van der Waals surface area contributed by atoms with Gasteiger partial charge >= 0.3 is 5.97 Å². The van der Waals surface area contributed by atoms with Crippen molar-refractivity contribution in [1.29, 1.82) is 0 Å². The smallest absolute Gasteiger partial charge is 0.329 e. The first-order valence-electron chi connectivity index (χ1n) is 4.89. The summed E-state index contributed by atoms with van der Waals surface area (Å²) < 4.78 is 4.90. The molecule has 1 heterocycles. The minimum Gasteiger partial charge on any atom is -0.480 e. The number of aliphatic carboxylic acids is 1. The van der Waals surface area contributed by atoms with Crippen molar-refractivity contribution in [1.82, 2.24) is 9.97 Å². The molecule has 88 valence electrons. The van der Waals surface area contributed by atoms with Gasteiger partial charge in [-0.1, -0.05) is 6.92 Å². The molecule has 0 spiro atoms. The standard InChI is InChI=1S/C10H15N3O3/c1-4-10(2,9(14)15)13-7-5-11-6-8(12-7)16-3/h5-6H,4H2,1-3H3,(H,12,13)(H,14,15). The number of rotatable bonds is 5. The van der Waals surface area contributed by atoms with E-state index in [1.165, 1.54) is 19.5 Å². The number of nitrogens with zero attached hydrogens (tertiary/aromatic N) is 2. The van der Waals surface area contributed by atoms with Crippen molar-refractivity contribution in [2.45, 2.75) is 25.8 Å². The largest absolute Gasteiger partial charge is 0.480 e. The van der Waals surface area contributed by atoms with E-state index in [2.05, 4.69) is 15.3 Å². The van der Waals surface area contributed by atoms with E-state index in [0.717, 1.165) is 0 Å². The summed E-state index contributed by atoms with van der Waals surface area (Å²) in [4.78, 5) is 19.0. The van der Waals surface area contributed by atoms with Gasteiger partial charge in [-0.25, -0.2) is 4.79 Å². The maximum Gasteiger partial charge on any atom is 0.329 e. The van der Waals surface area contributed by atoms with Gasteiger partial charge in [0.05, 0.1) is 19.5 Å². The minimum atomic E-state index is -1.05. The summed E-state index contributed by atoms with van der Waals surface area (Å²) in [6.07, 6.45) is 3.34. The average Bonchev–Trinajstić information content (AvgIpc) is 2.29. The van der Waals surface area contributed by atoms with Crippen LogP contribution in [0.3, 0.4) is 0 Å². The molecule has 2 N–H and O–H groups in total. The van der Waals surface area contributed by atoms with Gasteiger partial charge < -0.3 is 15.2 Å². The third-order valence-electron chi connectivity index (χ3n) is 2.40. The van der Waals surface area contributed by atoms with E-state index >= 15 is 0 Å². The summed E-state index contributed by atoms with van der Waals surface area (Å²) in [5.41, 5.74) is -1.05. The lowest BCUT2D eigenvalue weighted by Gasteiger charge is -2.24. The summed E-state index contributed by atoms with van der Waals surface area (Å²) in [5, 5.41) is 11.9. The number of hydrogen-bond acceptors (Lipinski definition) is 5. The van der Waals surface area contributed by atoms with Gasteiger partial charge in [0, 0.05) is 0 Å². The van der Waals surface area contributed by atoms with Crippen molar-refractivity contribution in [3.8, 4) is 5.88 Å². The van der Waals surface area contributed by atoms with E-state index in [1.807, 2.05) is 0 Å². The van der Waals surface area contributed by atoms with E-state index in [-0.39, 0.29) is 0 Å². The number of aromatic nitrogens is 2. The van der Waals surface area contributed by atoms with Gasteiger partial charge in [-0.3, -0.25) is 4.98 Å². The molecular formula is C10H15N3O3. The molecule has 0 saturated carbocycles. The number of hydrogen-bond donors (Lipinski definition) is 2. The van der Waals surface area contributed by atoms with Crippen LogP contribution in [0.1, 0.15) is 20.3 Å². The summed E-state index contributed by atoms with van der Waals surface area (Å²) in [6.45, 7) is 3.38. The number of carboxylic acids is 1. The normalized spacial score (nSPS) is 13.9. The molecule has 0 aromatic carbocycles. The molecule has 0 amide bonds. The summed E-state index contributed by atoms with van der Waals surface area (Å²) >= 11 is 0. The molecule has 6 heteroatoms. The maximum absolute atomic E-state index is 11.1. The fourth-order valence-corrected chi connectivity index (χ4v) is 1.08. The lowest BCUT2D eigenvalue weighted by molar-refractivity contribution is -0.141. The molecule has 0 aliphatic heterocycles. The Morgan fingerprint density at radius 3 is 2.81 bits per heavy atom. The molecule has 1 rings (SSSR count). The first-order valence-corrected chi connectivity index (χ1v) is 4.89. The van der Waals surface area contributed by atoms with Gasteiger partial charge in [-0.2, -0.15) is 4.98 Å². The first kappa shape index (κ1) is 12.2. The highest BCUT2D eigenvalue weighted by Gasteiger charge is 2.31. The molecule has 0 radical (unpaired) electrons. The fraction of sp³-hybridized carbons (Fsp3) is 0.500. The van der Waals surface area contributed by atoms with E-state index in [4.69, 9.17) is 9.84 Å². The van der Waals surface area contributed by atoms with Crippen molar-refractivity contribution >= 4 is 11.8 Å². The SMILES string of the molecule is CCC(C)(Nc1cncc(OC)n1)C(=O)O. The van der Waals surface area contributed by atoms with Crippen LogP contribution in [0, 0.1) is 0 Å². The highest BCUT2D eigenvalue weighted by molar-refractivity contribution is 5.81. The van der Waals surface area contributed by atoms with Crippen molar-refractivity contribution < 1.29 is 14.6 Å². The molecule has 0 saturated heterocycles. The molecule has 1 aromatic rings. The Morgan fingerprint density at radius 1 is 1.62 bits per heavy atom. The third kappa shape index (κ3) is 2.59. The maximum atomic E-state index is 11.1. The van der Waals surface area contributed by atoms with Gasteiger partial charge in [0.2, 0.25) is 5.88 Å². The Labute approximate surface area is 93.7 Å². The molecule has 16 heavy (non-hydrogen) atoms. The lowest BCUT2D eigenvalue weighted by atomic mass is 9.99. The molecule has 0 bridgehead atoms. The van der Waals surface area contributed by atoms with Crippen molar-refractivity contribution in [2.24, 2.45) is 0 Å². The quantitative estimate of drug-likeness (QED) is 0.782. The van der Waals surface area contributed by atoms with Gasteiger partial charge in [-0.05, 0) is 13.3 Å². The van der Waals surface area contributed by atoms with Crippen LogP contribution in [0.5, 0.6) is 5.88 Å². The lowest BCUT2D eigenvalue weighted by Crippen LogP contribution is -2.42. The van der Waals surface area contributed by atoms with Crippen LogP contribution >= 0.6 is 0 Å². The Kier molecular flexibility index (Phi) is 3.65. The second kappa shape index (κ2) is 4.78. The molecular weight excluding hydrogens is 210 g/mol. The van der Waals surface area contributed by atoms with Gasteiger partial charge in [0.15, 0.2) is 0 Å². The average molecular weight is 225 g/mol. The Balaban J connectivity index is 2.90. The number of carbonyl (C=O) groups is 1. The van der Waals surface area contributed by atoms with E-state index in [0.29, 0.717) is 18.1 Å². The monoisotopic (exact) mass is 225 g/mol. The second-order valence-corrected chi connectivity index (χ2v) is 3.56. The van der Waals surface area contributed by atoms with Crippen LogP contribution in [0.25, 0.3) is 0 Å². The molecule has 0 aliphatic carbocycles. The summed E-state index contributed by atoms with van der Waals surface area (Å²) in [5.74, 6) is -0.209.